The lowest BCUT2D eigenvalue weighted by molar-refractivity contribution is 0.337. The molecule has 2 fully saturated rings. The molecular formula is C12H17ClN4. The predicted octanol–water partition coefficient (Wildman–Crippen LogP) is 2.40. The molecule has 0 N–H and O–H groups in total. The van der Waals surface area contributed by atoms with Crippen molar-refractivity contribution in [2.75, 3.05) is 18.5 Å². The largest absolute Gasteiger partial charge is 0.358 e. The molecule has 92 valence electrons. The summed E-state index contributed by atoms with van der Waals surface area (Å²) in [5.41, 5.74) is 0. The molecule has 1 aromatic heterocycles. The van der Waals surface area contributed by atoms with E-state index in [0.717, 1.165) is 30.1 Å². The average molecular weight is 253 g/mol. The van der Waals surface area contributed by atoms with E-state index < -0.39 is 0 Å². The third-order valence-corrected chi connectivity index (χ3v) is 4.46. The van der Waals surface area contributed by atoms with Crippen LogP contribution >= 0.6 is 11.6 Å². The number of nitrogens with zero attached hydrogens (tertiary/aromatic N) is 4. The van der Waals surface area contributed by atoms with Gasteiger partial charge in [0.15, 0.2) is 5.82 Å². The Balaban J connectivity index is 1.65. The highest BCUT2D eigenvalue weighted by molar-refractivity contribution is 6.28. The van der Waals surface area contributed by atoms with Gasteiger partial charge >= 0.3 is 0 Å². The number of aromatic nitrogens is 3. The minimum Gasteiger partial charge on any atom is -0.358 e. The van der Waals surface area contributed by atoms with Crippen LogP contribution in [0.1, 0.15) is 25.7 Å². The summed E-state index contributed by atoms with van der Waals surface area (Å²) in [6.07, 6.45) is 7.39. The van der Waals surface area contributed by atoms with Gasteiger partial charge in [0.25, 0.3) is 0 Å². The average Bonchev–Trinajstić information content (AvgIpc) is 2.91. The predicted molar refractivity (Wildman–Crippen MR) is 67.0 cm³/mol. The van der Waals surface area contributed by atoms with E-state index in [0.29, 0.717) is 0 Å². The zero-order chi connectivity index (χ0) is 11.8. The lowest BCUT2D eigenvalue weighted by Crippen LogP contribution is -2.29. The van der Waals surface area contributed by atoms with E-state index in [4.69, 9.17) is 11.6 Å². The molecule has 2 aliphatic carbocycles. The van der Waals surface area contributed by atoms with Crippen LogP contribution in [0.5, 0.6) is 0 Å². The molecule has 1 heterocycles. The number of rotatable bonds is 3. The standard InChI is InChI=1S/C12H17ClN4/c1-17(11-6-14-16-12(13)15-11)7-10-5-8-2-3-9(10)4-8/h6,8-10H,2-5,7H2,1H3. The molecule has 1 aromatic rings. The van der Waals surface area contributed by atoms with Crippen molar-refractivity contribution in [2.45, 2.75) is 25.7 Å². The highest BCUT2D eigenvalue weighted by atomic mass is 35.5. The van der Waals surface area contributed by atoms with Gasteiger partial charge in [-0.05, 0) is 48.6 Å². The number of hydrogen-bond acceptors (Lipinski definition) is 4. The van der Waals surface area contributed by atoms with Crippen molar-refractivity contribution in [3.63, 3.8) is 0 Å². The first-order chi connectivity index (χ1) is 8.22. The summed E-state index contributed by atoms with van der Waals surface area (Å²) in [5.74, 6) is 3.58. The van der Waals surface area contributed by atoms with Crippen LogP contribution < -0.4 is 4.90 Å². The lowest BCUT2D eigenvalue weighted by Gasteiger charge is -2.27. The van der Waals surface area contributed by atoms with E-state index in [9.17, 15) is 0 Å². The Morgan fingerprint density at radius 2 is 2.29 bits per heavy atom. The van der Waals surface area contributed by atoms with Gasteiger partial charge in [0, 0.05) is 13.6 Å². The normalized spacial score (nSPS) is 30.8. The molecule has 2 aliphatic rings. The van der Waals surface area contributed by atoms with E-state index in [1.807, 2.05) is 0 Å². The molecule has 0 saturated heterocycles. The lowest BCUT2D eigenvalue weighted by atomic mass is 9.88. The number of fused-ring (bicyclic) bond motifs is 2. The highest BCUT2D eigenvalue weighted by Crippen LogP contribution is 2.48. The molecule has 3 atom stereocenters. The first-order valence-corrected chi connectivity index (χ1v) is 6.66. The Morgan fingerprint density at radius 3 is 2.94 bits per heavy atom. The minimum absolute atomic E-state index is 0.224. The van der Waals surface area contributed by atoms with Crippen LogP contribution in [-0.2, 0) is 0 Å². The van der Waals surface area contributed by atoms with Crippen molar-refractivity contribution in [1.29, 1.82) is 0 Å². The van der Waals surface area contributed by atoms with Gasteiger partial charge in [-0.2, -0.15) is 10.1 Å². The smallest absolute Gasteiger partial charge is 0.244 e. The molecule has 0 amide bonds. The second kappa shape index (κ2) is 4.41. The maximum absolute atomic E-state index is 5.76. The van der Waals surface area contributed by atoms with Crippen LogP contribution in [0.4, 0.5) is 5.82 Å². The molecule has 2 saturated carbocycles. The van der Waals surface area contributed by atoms with Gasteiger partial charge in [0.05, 0.1) is 6.20 Å². The molecular weight excluding hydrogens is 236 g/mol. The van der Waals surface area contributed by atoms with Crippen LogP contribution in [0.3, 0.4) is 0 Å². The third-order valence-electron chi connectivity index (χ3n) is 4.30. The van der Waals surface area contributed by atoms with Gasteiger partial charge in [0.1, 0.15) is 0 Å². The van der Waals surface area contributed by atoms with Crippen molar-refractivity contribution >= 4 is 17.4 Å². The SMILES string of the molecule is CN(CC1CC2CCC1C2)c1cnnc(Cl)n1. The fraction of sp³-hybridized carbons (Fsp3) is 0.750. The molecule has 17 heavy (non-hydrogen) atoms. The van der Waals surface area contributed by atoms with Crippen LogP contribution in [0.15, 0.2) is 6.20 Å². The molecule has 5 heteroatoms. The van der Waals surface area contributed by atoms with Crippen LogP contribution in [-0.4, -0.2) is 28.8 Å². The summed E-state index contributed by atoms with van der Waals surface area (Å²) in [6, 6.07) is 0. The Bertz CT molecular complexity index is 411. The summed E-state index contributed by atoms with van der Waals surface area (Å²) < 4.78 is 0. The molecule has 0 spiro atoms. The van der Waals surface area contributed by atoms with Gasteiger partial charge in [-0.15, -0.1) is 5.10 Å². The minimum atomic E-state index is 0.224. The van der Waals surface area contributed by atoms with Gasteiger partial charge in [-0.1, -0.05) is 6.42 Å². The Hall–Kier alpha value is -0.900. The van der Waals surface area contributed by atoms with Crippen molar-refractivity contribution in [3.8, 4) is 0 Å². The fourth-order valence-corrected chi connectivity index (χ4v) is 3.63. The van der Waals surface area contributed by atoms with E-state index in [-0.39, 0.29) is 5.28 Å². The zero-order valence-corrected chi connectivity index (χ0v) is 10.8. The van der Waals surface area contributed by atoms with Crippen molar-refractivity contribution in [1.82, 2.24) is 15.2 Å². The van der Waals surface area contributed by atoms with Gasteiger partial charge in [-0.25, -0.2) is 0 Å². The maximum Gasteiger partial charge on any atom is 0.244 e. The van der Waals surface area contributed by atoms with Crippen molar-refractivity contribution in [3.05, 3.63) is 11.5 Å². The fourth-order valence-electron chi connectivity index (χ4n) is 3.50. The second-order valence-electron chi connectivity index (χ2n) is 5.40. The molecule has 0 aliphatic heterocycles. The maximum atomic E-state index is 5.76. The van der Waals surface area contributed by atoms with Gasteiger partial charge in [0.2, 0.25) is 5.28 Å². The Kier molecular flexibility index (Phi) is 2.90. The Labute approximate surface area is 106 Å². The molecule has 0 aromatic carbocycles. The van der Waals surface area contributed by atoms with Gasteiger partial charge < -0.3 is 4.90 Å². The molecule has 4 nitrogen and oxygen atoms in total. The molecule has 3 unspecified atom stereocenters. The summed E-state index contributed by atoms with van der Waals surface area (Å²) in [7, 11) is 2.06. The van der Waals surface area contributed by atoms with Crippen molar-refractivity contribution < 1.29 is 0 Å². The molecule has 2 bridgehead atoms. The monoisotopic (exact) mass is 252 g/mol. The Morgan fingerprint density at radius 1 is 1.41 bits per heavy atom. The van der Waals surface area contributed by atoms with Gasteiger partial charge in [-0.3, -0.25) is 0 Å². The van der Waals surface area contributed by atoms with Crippen LogP contribution in [0.2, 0.25) is 5.28 Å². The van der Waals surface area contributed by atoms with Crippen LogP contribution in [0.25, 0.3) is 0 Å². The van der Waals surface area contributed by atoms with Crippen molar-refractivity contribution in [2.24, 2.45) is 17.8 Å². The van der Waals surface area contributed by atoms with E-state index in [1.165, 1.54) is 25.7 Å². The zero-order valence-electron chi connectivity index (χ0n) is 10.0. The van der Waals surface area contributed by atoms with E-state index >= 15 is 0 Å². The molecule has 0 radical (unpaired) electrons. The van der Waals surface area contributed by atoms with Crippen LogP contribution in [0, 0.1) is 17.8 Å². The number of hydrogen-bond donors (Lipinski definition) is 0. The van der Waals surface area contributed by atoms with E-state index in [1.54, 1.807) is 6.20 Å². The number of anilines is 1. The summed E-state index contributed by atoms with van der Waals surface area (Å²) in [4.78, 5) is 6.35. The summed E-state index contributed by atoms with van der Waals surface area (Å²) >= 11 is 5.76. The first kappa shape index (κ1) is 11.2. The molecule has 3 rings (SSSR count). The highest BCUT2D eigenvalue weighted by Gasteiger charge is 2.39. The third kappa shape index (κ3) is 2.23. The van der Waals surface area contributed by atoms with E-state index in [2.05, 4.69) is 27.1 Å². The summed E-state index contributed by atoms with van der Waals surface area (Å²) in [6.45, 7) is 1.07. The quantitative estimate of drug-likeness (QED) is 0.829. The number of halogens is 1. The second-order valence-corrected chi connectivity index (χ2v) is 5.74. The topological polar surface area (TPSA) is 41.9 Å². The first-order valence-electron chi connectivity index (χ1n) is 6.28. The summed E-state index contributed by atoms with van der Waals surface area (Å²) in [5, 5.41) is 7.74.